The SMILES string of the molecule is CNC(=O)c1cc2nsnc2c(Cl)c1NC(=O)c1cc(C(F)(F)F)nn1-c1ncccc1Cl. The van der Waals surface area contributed by atoms with Crippen LogP contribution in [0.4, 0.5) is 18.9 Å². The molecule has 0 aliphatic heterocycles. The van der Waals surface area contributed by atoms with Crippen molar-refractivity contribution < 1.29 is 22.8 Å². The summed E-state index contributed by atoms with van der Waals surface area (Å²) in [5.41, 5.74) is -1.58. The Morgan fingerprint density at radius 3 is 2.58 bits per heavy atom. The maximum absolute atomic E-state index is 13.4. The third kappa shape index (κ3) is 4.21. The maximum atomic E-state index is 13.4. The molecule has 2 amide bonds. The van der Waals surface area contributed by atoms with Gasteiger partial charge in [-0.3, -0.25) is 9.59 Å². The molecule has 0 aliphatic rings. The highest BCUT2D eigenvalue weighted by Gasteiger charge is 2.37. The van der Waals surface area contributed by atoms with E-state index < -0.39 is 29.4 Å². The van der Waals surface area contributed by atoms with Crippen LogP contribution in [0.15, 0.2) is 30.5 Å². The lowest BCUT2D eigenvalue weighted by molar-refractivity contribution is -0.141. The molecule has 4 rings (SSSR count). The van der Waals surface area contributed by atoms with Crippen LogP contribution >= 0.6 is 34.9 Å². The molecule has 0 saturated carbocycles. The van der Waals surface area contributed by atoms with E-state index in [-0.39, 0.29) is 32.6 Å². The Bertz CT molecular complexity index is 1400. The molecule has 0 unspecified atom stereocenters. The first-order valence-electron chi connectivity index (χ1n) is 8.88. The Morgan fingerprint density at radius 1 is 1.15 bits per heavy atom. The average molecular weight is 516 g/mol. The molecule has 15 heteroatoms. The van der Waals surface area contributed by atoms with Crippen molar-refractivity contribution in [3.05, 3.63) is 57.5 Å². The number of pyridine rings is 1. The lowest BCUT2D eigenvalue weighted by Gasteiger charge is -2.13. The van der Waals surface area contributed by atoms with Gasteiger partial charge in [-0.05, 0) is 18.2 Å². The van der Waals surface area contributed by atoms with Crippen molar-refractivity contribution >= 4 is 63.5 Å². The number of carbonyl (C=O) groups excluding carboxylic acids is 2. The standard InChI is InChI=1S/C18H10Cl2F3N7O2S/c1-24-16(31)7-5-9-14(29-33-28-9)12(20)13(7)26-17(32)10-6-11(18(21,22)23)27-30(10)15-8(19)3-2-4-25-15/h2-6H,1H3,(H,24,31)(H,26,32). The summed E-state index contributed by atoms with van der Waals surface area (Å²) in [5, 5.41) is 8.11. The van der Waals surface area contributed by atoms with Crippen molar-refractivity contribution in [1.82, 2.24) is 28.8 Å². The number of hydrogen-bond donors (Lipinski definition) is 2. The number of hydrogen-bond acceptors (Lipinski definition) is 7. The molecule has 0 saturated heterocycles. The average Bonchev–Trinajstić information content (AvgIpc) is 3.42. The quantitative estimate of drug-likeness (QED) is 0.420. The Hall–Kier alpha value is -3.29. The molecule has 9 nitrogen and oxygen atoms in total. The largest absolute Gasteiger partial charge is 0.435 e. The molecule has 170 valence electrons. The van der Waals surface area contributed by atoms with Crippen LogP contribution in [0.3, 0.4) is 0 Å². The molecule has 0 bridgehead atoms. The number of alkyl halides is 3. The first kappa shape index (κ1) is 22.9. The van der Waals surface area contributed by atoms with Crippen LogP contribution in [0.25, 0.3) is 16.9 Å². The van der Waals surface area contributed by atoms with Gasteiger partial charge in [-0.25, -0.2) is 9.67 Å². The van der Waals surface area contributed by atoms with Crippen molar-refractivity contribution in [3.8, 4) is 5.82 Å². The number of carbonyl (C=O) groups is 2. The zero-order chi connectivity index (χ0) is 23.9. The van der Waals surface area contributed by atoms with E-state index in [0.29, 0.717) is 16.3 Å². The predicted molar refractivity (Wildman–Crippen MR) is 115 cm³/mol. The van der Waals surface area contributed by atoms with Gasteiger partial charge in [-0.2, -0.15) is 27.0 Å². The molecule has 0 spiro atoms. The monoisotopic (exact) mass is 515 g/mol. The van der Waals surface area contributed by atoms with Gasteiger partial charge >= 0.3 is 6.18 Å². The first-order chi connectivity index (χ1) is 15.6. The number of rotatable bonds is 4. The van der Waals surface area contributed by atoms with Gasteiger partial charge in [0.2, 0.25) is 0 Å². The molecular formula is C18H10Cl2F3N7O2S. The second kappa shape index (κ2) is 8.57. The van der Waals surface area contributed by atoms with E-state index in [1.165, 1.54) is 31.4 Å². The zero-order valence-electron chi connectivity index (χ0n) is 16.2. The Morgan fingerprint density at radius 2 is 1.91 bits per heavy atom. The number of anilines is 1. The van der Waals surface area contributed by atoms with Crippen LogP contribution in [-0.2, 0) is 6.18 Å². The van der Waals surface area contributed by atoms with Gasteiger partial charge in [0.25, 0.3) is 11.8 Å². The minimum Gasteiger partial charge on any atom is -0.355 e. The Kier molecular flexibility index (Phi) is 5.95. The Balaban J connectivity index is 1.85. The molecular weight excluding hydrogens is 506 g/mol. The highest BCUT2D eigenvalue weighted by atomic mass is 35.5. The van der Waals surface area contributed by atoms with Crippen LogP contribution in [0, 0.1) is 0 Å². The van der Waals surface area contributed by atoms with Gasteiger partial charge in [0.15, 0.2) is 11.5 Å². The molecule has 33 heavy (non-hydrogen) atoms. The second-order valence-electron chi connectivity index (χ2n) is 6.41. The summed E-state index contributed by atoms with van der Waals surface area (Å²) >= 11 is 13.2. The highest BCUT2D eigenvalue weighted by Crippen LogP contribution is 2.35. The van der Waals surface area contributed by atoms with E-state index in [1.807, 2.05) is 0 Å². The van der Waals surface area contributed by atoms with Gasteiger partial charge in [0.1, 0.15) is 16.7 Å². The van der Waals surface area contributed by atoms with Gasteiger partial charge < -0.3 is 10.6 Å². The molecule has 0 fully saturated rings. The number of halogens is 5. The lowest BCUT2D eigenvalue weighted by Crippen LogP contribution is -2.23. The summed E-state index contributed by atoms with van der Waals surface area (Å²) in [4.78, 5) is 29.4. The normalized spacial score (nSPS) is 11.6. The molecule has 3 aromatic heterocycles. The lowest BCUT2D eigenvalue weighted by atomic mass is 10.1. The number of nitrogens with one attached hydrogen (secondary N) is 2. The second-order valence-corrected chi connectivity index (χ2v) is 7.73. The van der Waals surface area contributed by atoms with Gasteiger partial charge in [0.05, 0.1) is 33.0 Å². The van der Waals surface area contributed by atoms with Crippen LogP contribution in [0.5, 0.6) is 0 Å². The van der Waals surface area contributed by atoms with Crippen molar-refractivity contribution in [2.75, 3.05) is 12.4 Å². The fourth-order valence-corrected chi connectivity index (χ4v) is 3.95. The maximum Gasteiger partial charge on any atom is 0.435 e. The third-order valence-corrected chi connectivity index (χ3v) is 5.58. The van der Waals surface area contributed by atoms with Gasteiger partial charge in [-0.1, -0.05) is 23.2 Å². The fraction of sp³-hybridized carbons (Fsp3) is 0.111. The number of aromatic nitrogens is 5. The number of fused-ring (bicyclic) bond motifs is 1. The number of benzene rings is 1. The molecule has 2 N–H and O–H groups in total. The van der Waals surface area contributed by atoms with Crippen LogP contribution in [0.1, 0.15) is 26.5 Å². The summed E-state index contributed by atoms with van der Waals surface area (Å²) in [6.45, 7) is 0. The molecule has 0 atom stereocenters. The van der Waals surface area contributed by atoms with Crippen molar-refractivity contribution in [3.63, 3.8) is 0 Å². The molecule has 0 radical (unpaired) electrons. The van der Waals surface area contributed by atoms with E-state index in [4.69, 9.17) is 23.2 Å². The summed E-state index contributed by atoms with van der Waals surface area (Å²) in [7, 11) is 1.36. The summed E-state index contributed by atoms with van der Waals surface area (Å²) in [6.07, 6.45) is -3.57. The first-order valence-corrected chi connectivity index (χ1v) is 10.4. The summed E-state index contributed by atoms with van der Waals surface area (Å²) in [5.74, 6) is -1.86. The van der Waals surface area contributed by atoms with E-state index in [9.17, 15) is 22.8 Å². The highest BCUT2D eigenvalue weighted by molar-refractivity contribution is 7.00. The molecule has 4 aromatic rings. The zero-order valence-corrected chi connectivity index (χ0v) is 18.6. The molecule has 0 aliphatic carbocycles. The topological polar surface area (TPSA) is 115 Å². The van der Waals surface area contributed by atoms with Crippen molar-refractivity contribution in [2.45, 2.75) is 6.18 Å². The van der Waals surface area contributed by atoms with E-state index in [1.54, 1.807) is 0 Å². The summed E-state index contributed by atoms with van der Waals surface area (Å²) in [6, 6.07) is 4.74. The number of nitrogens with zero attached hydrogens (tertiary/aromatic N) is 5. The summed E-state index contributed by atoms with van der Waals surface area (Å²) < 4.78 is 48.8. The predicted octanol–water partition coefficient (Wildman–Crippen LogP) is 4.21. The van der Waals surface area contributed by atoms with Gasteiger partial charge in [0, 0.05) is 19.3 Å². The minimum absolute atomic E-state index is 0.0394. The van der Waals surface area contributed by atoms with E-state index in [0.717, 1.165) is 11.7 Å². The third-order valence-electron chi connectivity index (χ3n) is 4.37. The van der Waals surface area contributed by atoms with Crippen LogP contribution < -0.4 is 10.6 Å². The minimum atomic E-state index is -4.85. The molecule has 1 aromatic carbocycles. The van der Waals surface area contributed by atoms with Crippen LogP contribution in [0.2, 0.25) is 10.0 Å². The van der Waals surface area contributed by atoms with Crippen molar-refractivity contribution in [2.24, 2.45) is 0 Å². The van der Waals surface area contributed by atoms with Crippen molar-refractivity contribution in [1.29, 1.82) is 0 Å². The van der Waals surface area contributed by atoms with E-state index in [2.05, 4.69) is 29.5 Å². The van der Waals surface area contributed by atoms with Crippen LogP contribution in [-0.4, -0.2) is 42.4 Å². The Labute approximate surface area is 196 Å². The van der Waals surface area contributed by atoms with E-state index >= 15 is 0 Å². The fourth-order valence-electron chi connectivity index (χ4n) is 2.88. The van der Waals surface area contributed by atoms with Gasteiger partial charge in [-0.15, -0.1) is 0 Å². The smallest absolute Gasteiger partial charge is 0.355 e. The molecule has 3 heterocycles. The number of amides is 2.